The highest BCUT2D eigenvalue weighted by atomic mass is 35.5. The van der Waals surface area contributed by atoms with Crippen LogP contribution in [-0.2, 0) is 16.1 Å². The number of hydrogen-bond acceptors (Lipinski definition) is 3. The molecule has 1 aromatic carbocycles. The van der Waals surface area contributed by atoms with Gasteiger partial charge in [0.15, 0.2) is 0 Å². The van der Waals surface area contributed by atoms with Gasteiger partial charge in [-0.1, -0.05) is 29.3 Å². The summed E-state index contributed by atoms with van der Waals surface area (Å²) in [5, 5.41) is 6.06. The predicted octanol–water partition coefficient (Wildman–Crippen LogP) is 1.94. The molecular weight excluding hydrogens is 329 g/mol. The van der Waals surface area contributed by atoms with Crippen molar-refractivity contribution < 1.29 is 14.4 Å². The van der Waals surface area contributed by atoms with E-state index in [0.29, 0.717) is 15.6 Å². The molecular formula is C14H15Cl2N3O3. The fourth-order valence-corrected chi connectivity index (χ4v) is 2.50. The molecule has 1 aromatic rings. The molecule has 2 rings (SSSR count). The van der Waals surface area contributed by atoms with Gasteiger partial charge in [0.1, 0.15) is 12.1 Å². The molecule has 22 heavy (non-hydrogen) atoms. The molecule has 8 heteroatoms. The van der Waals surface area contributed by atoms with Gasteiger partial charge in [-0.2, -0.15) is 0 Å². The Balaban J connectivity index is 1.94. The van der Waals surface area contributed by atoms with Gasteiger partial charge in [-0.3, -0.25) is 14.5 Å². The van der Waals surface area contributed by atoms with E-state index < -0.39 is 23.4 Å². The number of halogens is 2. The van der Waals surface area contributed by atoms with E-state index in [2.05, 4.69) is 10.6 Å². The highest BCUT2D eigenvalue weighted by Crippen LogP contribution is 2.21. The van der Waals surface area contributed by atoms with E-state index >= 15 is 0 Å². The van der Waals surface area contributed by atoms with E-state index in [1.54, 1.807) is 32.0 Å². The Labute approximate surface area is 137 Å². The highest BCUT2D eigenvalue weighted by Gasteiger charge is 2.44. The molecule has 0 unspecified atom stereocenters. The van der Waals surface area contributed by atoms with Crippen LogP contribution in [0.25, 0.3) is 0 Å². The Hall–Kier alpha value is -1.79. The number of carbonyl (C=O) groups is 3. The van der Waals surface area contributed by atoms with Crippen molar-refractivity contribution in [2.45, 2.75) is 25.9 Å². The summed E-state index contributed by atoms with van der Waals surface area (Å²) in [6.45, 7) is 3.01. The molecule has 118 valence electrons. The first-order valence-corrected chi connectivity index (χ1v) is 7.31. The van der Waals surface area contributed by atoms with Gasteiger partial charge in [-0.05, 0) is 31.5 Å². The van der Waals surface area contributed by atoms with Gasteiger partial charge < -0.3 is 10.6 Å². The van der Waals surface area contributed by atoms with E-state index in [1.807, 2.05) is 0 Å². The molecule has 0 aromatic heterocycles. The number of imide groups is 1. The Kier molecular flexibility index (Phi) is 4.63. The molecule has 1 fully saturated rings. The number of amides is 4. The van der Waals surface area contributed by atoms with Crippen molar-refractivity contribution in [2.24, 2.45) is 0 Å². The monoisotopic (exact) mass is 343 g/mol. The number of hydrogen-bond donors (Lipinski definition) is 2. The van der Waals surface area contributed by atoms with E-state index in [-0.39, 0.29) is 13.1 Å². The molecule has 4 amide bonds. The fourth-order valence-electron chi connectivity index (χ4n) is 2.02. The lowest BCUT2D eigenvalue weighted by Crippen LogP contribution is -2.43. The molecule has 0 radical (unpaired) electrons. The summed E-state index contributed by atoms with van der Waals surface area (Å²) in [6, 6.07) is 4.36. The van der Waals surface area contributed by atoms with Crippen LogP contribution in [0.3, 0.4) is 0 Å². The molecule has 1 aliphatic heterocycles. The van der Waals surface area contributed by atoms with E-state index in [4.69, 9.17) is 23.2 Å². The minimum absolute atomic E-state index is 0.182. The molecule has 6 nitrogen and oxygen atoms in total. The van der Waals surface area contributed by atoms with Gasteiger partial charge >= 0.3 is 6.03 Å². The summed E-state index contributed by atoms with van der Waals surface area (Å²) < 4.78 is 0. The van der Waals surface area contributed by atoms with Crippen molar-refractivity contribution >= 4 is 41.0 Å². The van der Waals surface area contributed by atoms with Gasteiger partial charge in [-0.25, -0.2) is 4.79 Å². The minimum atomic E-state index is -0.989. The number of nitrogens with one attached hydrogen (secondary N) is 2. The zero-order valence-electron chi connectivity index (χ0n) is 12.1. The van der Waals surface area contributed by atoms with Crippen molar-refractivity contribution in [2.75, 3.05) is 6.54 Å². The maximum Gasteiger partial charge on any atom is 0.325 e. The van der Waals surface area contributed by atoms with Crippen molar-refractivity contribution in [3.05, 3.63) is 33.8 Å². The molecule has 2 N–H and O–H groups in total. The molecule has 0 spiro atoms. The van der Waals surface area contributed by atoms with E-state index in [0.717, 1.165) is 4.90 Å². The summed E-state index contributed by atoms with van der Waals surface area (Å²) in [4.78, 5) is 36.4. The van der Waals surface area contributed by atoms with Crippen molar-refractivity contribution in [3.63, 3.8) is 0 Å². The van der Waals surface area contributed by atoms with Crippen molar-refractivity contribution in [3.8, 4) is 0 Å². The van der Waals surface area contributed by atoms with Crippen molar-refractivity contribution in [1.82, 2.24) is 15.5 Å². The van der Waals surface area contributed by atoms with Crippen LogP contribution in [0.4, 0.5) is 4.79 Å². The first kappa shape index (κ1) is 16.6. The van der Waals surface area contributed by atoms with Crippen LogP contribution in [0.15, 0.2) is 18.2 Å². The minimum Gasteiger partial charge on any atom is -0.350 e. The standard InChI is InChI=1S/C14H15Cl2N3O3/c1-14(2)12(21)19(13(22)18-14)7-11(20)17-6-8-3-4-9(15)5-10(8)16/h3-5H,6-7H2,1-2H3,(H,17,20)(H,18,22). The van der Waals surface area contributed by atoms with Gasteiger partial charge in [0.25, 0.3) is 5.91 Å². The maximum absolute atomic E-state index is 12.0. The van der Waals surface area contributed by atoms with Crippen LogP contribution in [0.5, 0.6) is 0 Å². The Morgan fingerprint density at radius 2 is 2.00 bits per heavy atom. The normalized spacial score (nSPS) is 16.6. The second-order valence-electron chi connectivity index (χ2n) is 5.46. The number of carbonyl (C=O) groups excluding carboxylic acids is 3. The van der Waals surface area contributed by atoms with E-state index in [9.17, 15) is 14.4 Å². The second kappa shape index (κ2) is 6.14. The lowest BCUT2D eigenvalue weighted by molar-refractivity contribution is -0.134. The lowest BCUT2D eigenvalue weighted by Gasteiger charge is -2.15. The molecule has 0 aliphatic carbocycles. The zero-order chi connectivity index (χ0) is 16.5. The third kappa shape index (κ3) is 3.51. The lowest BCUT2D eigenvalue weighted by atomic mass is 10.1. The number of urea groups is 1. The summed E-state index contributed by atoms with van der Waals surface area (Å²) in [7, 11) is 0. The van der Waals surface area contributed by atoms with Gasteiger partial charge in [0.2, 0.25) is 5.91 Å². The van der Waals surface area contributed by atoms with Gasteiger partial charge in [0, 0.05) is 16.6 Å². The first-order chi connectivity index (χ1) is 10.2. The van der Waals surface area contributed by atoms with Crippen LogP contribution in [0.1, 0.15) is 19.4 Å². The quantitative estimate of drug-likeness (QED) is 0.820. The fraction of sp³-hybridized carbons (Fsp3) is 0.357. The number of benzene rings is 1. The zero-order valence-corrected chi connectivity index (χ0v) is 13.6. The largest absolute Gasteiger partial charge is 0.350 e. The summed E-state index contributed by atoms with van der Waals surface area (Å²) in [5.41, 5.74) is -0.298. The van der Waals surface area contributed by atoms with Crippen LogP contribution in [-0.4, -0.2) is 34.8 Å². The SMILES string of the molecule is CC1(C)NC(=O)N(CC(=O)NCc2ccc(Cl)cc2Cl)C1=O. The molecule has 0 bridgehead atoms. The average molecular weight is 344 g/mol. The molecule has 0 saturated carbocycles. The smallest absolute Gasteiger partial charge is 0.325 e. The van der Waals surface area contributed by atoms with Gasteiger partial charge in [-0.15, -0.1) is 0 Å². The Bertz CT molecular complexity index is 646. The Morgan fingerprint density at radius 3 is 2.55 bits per heavy atom. The van der Waals surface area contributed by atoms with Crippen LogP contribution >= 0.6 is 23.2 Å². The van der Waals surface area contributed by atoms with E-state index in [1.165, 1.54) is 0 Å². The maximum atomic E-state index is 12.0. The highest BCUT2D eigenvalue weighted by molar-refractivity contribution is 6.35. The average Bonchev–Trinajstić information content (AvgIpc) is 2.60. The molecule has 1 heterocycles. The second-order valence-corrected chi connectivity index (χ2v) is 6.30. The summed E-state index contributed by atoms with van der Waals surface area (Å²) in [5.74, 6) is -0.885. The topological polar surface area (TPSA) is 78.5 Å². The predicted molar refractivity (Wildman–Crippen MR) is 82.6 cm³/mol. The Morgan fingerprint density at radius 1 is 1.32 bits per heavy atom. The third-order valence-corrected chi connectivity index (χ3v) is 3.82. The summed E-state index contributed by atoms with van der Waals surface area (Å²) >= 11 is 11.8. The van der Waals surface area contributed by atoms with Crippen molar-refractivity contribution in [1.29, 1.82) is 0 Å². The van der Waals surface area contributed by atoms with Crippen LogP contribution < -0.4 is 10.6 Å². The first-order valence-electron chi connectivity index (χ1n) is 6.55. The number of rotatable bonds is 4. The molecule has 1 aliphatic rings. The van der Waals surface area contributed by atoms with Crippen LogP contribution in [0, 0.1) is 0 Å². The molecule has 0 atom stereocenters. The van der Waals surface area contributed by atoms with Crippen LogP contribution in [0.2, 0.25) is 10.0 Å². The molecule has 1 saturated heterocycles. The number of nitrogens with zero attached hydrogens (tertiary/aromatic N) is 1. The van der Waals surface area contributed by atoms with Gasteiger partial charge in [0.05, 0.1) is 0 Å². The third-order valence-electron chi connectivity index (χ3n) is 3.24. The summed E-state index contributed by atoms with van der Waals surface area (Å²) in [6.07, 6.45) is 0.